The molecule has 0 aromatic heterocycles. The number of nitrogens with two attached hydrogens (primary N) is 2. The van der Waals surface area contributed by atoms with Crippen LogP contribution >= 0.6 is 0 Å². The molecule has 0 spiro atoms. The van der Waals surface area contributed by atoms with Crippen LogP contribution in [0.2, 0.25) is 0 Å². The first-order valence-electron chi connectivity index (χ1n) is 8.36. The number of hydrogen-bond acceptors (Lipinski definition) is 6. The van der Waals surface area contributed by atoms with Gasteiger partial charge in [0.2, 0.25) is 0 Å². The van der Waals surface area contributed by atoms with Crippen LogP contribution in [-0.4, -0.2) is 86.7 Å². The highest BCUT2D eigenvalue weighted by atomic mass is 15.2. The molecule has 0 bridgehead atoms. The summed E-state index contributed by atoms with van der Waals surface area (Å²) >= 11 is 0. The van der Waals surface area contributed by atoms with Crippen molar-refractivity contribution in [3.05, 3.63) is 37.2 Å². The molecule has 1 rings (SSSR count). The average Bonchev–Trinajstić information content (AvgIpc) is 2.46. The molecule has 0 aromatic carbocycles. The fraction of sp³-hybridized carbons (Fsp3) is 0.647. The molecule has 1 heterocycles. The van der Waals surface area contributed by atoms with Crippen LogP contribution in [-0.2, 0) is 0 Å². The first-order chi connectivity index (χ1) is 11.0. The van der Waals surface area contributed by atoms with Gasteiger partial charge in [0, 0.05) is 83.4 Å². The van der Waals surface area contributed by atoms with Crippen molar-refractivity contribution in [3.8, 4) is 0 Å². The van der Waals surface area contributed by atoms with Crippen molar-refractivity contribution in [2.24, 2.45) is 11.5 Å². The molecule has 1 saturated heterocycles. The monoisotopic (exact) mass is 322 g/mol. The van der Waals surface area contributed by atoms with E-state index in [4.69, 9.17) is 11.5 Å². The zero-order valence-electron chi connectivity index (χ0n) is 14.5. The predicted octanol–water partition coefficient (Wildman–Crippen LogP) is -0.374. The Hall–Kier alpha value is -1.34. The summed E-state index contributed by atoms with van der Waals surface area (Å²) in [7, 11) is 0. The van der Waals surface area contributed by atoms with Gasteiger partial charge in [-0.3, -0.25) is 14.7 Å². The van der Waals surface area contributed by atoms with Crippen molar-refractivity contribution in [2.75, 3.05) is 72.0 Å². The number of hydrogen-bond donors (Lipinski definition) is 3. The minimum absolute atomic E-state index is 0.712. The molecule has 0 amide bonds. The van der Waals surface area contributed by atoms with Crippen LogP contribution in [0.1, 0.15) is 0 Å². The molecule has 1 aliphatic rings. The van der Waals surface area contributed by atoms with E-state index in [1.807, 2.05) is 6.08 Å². The lowest BCUT2D eigenvalue weighted by atomic mass is 10.3. The molecule has 6 heteroatoms. The molecule has 0 atom stereocenters. The summed E-state index contributed by atoms with van der Waals surface area (Å²) in [5.41, 5.74) is 13.0. The molecule has 1 fully saturated rings. The standard InChI is InChI=1S/C17H34N6/c1-4-7-21-8-5-20-6-9-22(14-16(2)18)12-13-23(11-10-21)15-17(3)19/h4,20H,1-3,5-15,18-19H2. The van der Waals surface area contributed by atoms with Crippen LogP contribution in [0, 0.1) is 0 Å². The highest BCUT2D eigenvalue weighted by Gasteiger charge is 2.13. The first-order valence-corrected chi connectivity index (χ1v) is 8.36. The van der Waals surface area contributed by atoms with E-state index in [0.29, 0.717) is 11.4 Å². The lowest BCUT2D eigenvalue weighted by Crippen LogP contribution is -2.46. The van der Waals surface area contributed by atoms with Gasteiger partial charge in [-0.2, -0.15) is 0 Å². The third-order valence-electron chi connectivity index (χ3n) is 3.92. The highest BCUT2D eigenvalue weighted by molar-refractivity contribution is 4.92. The molecular formula is C17H34N6. The summed E-state index contributed by atoms with van der Waals surface area (Å²) in [6, 6.07) is 0. The zero-order valence-corrected chi connectivity index (χ0v) is 14.5. The average molecular weight is 323 g/mol. The summed E-state index contributed by atoms with van der Waals surface area (Å²) in [5, 5.41) is 3.50. The molecule has 5 N–H and O–H groups in total. The van der Waals surface area contributed by atoms with Crippen molar-refractivity contribution in [1.29, 1.82) is 0 Å². The molecule has 0 saturated carbocycles. The Morgan fingerprint density at radius 2 is 1.26 bits per heavy atom. The summed E-state index contributed by atoms with van der Waals surface area (Å²) in [5.74, 6) is 0. The topological polar surface area (TPSA) is 73.8 Å². The fourth-order valence-electron chi connectivity index (χ4n) is 2.76. The van der Waals surface area contributed by atoms with E-state index >= 15 is 0 Å². The van der Waals surface area contributed by atoms with Crippen LogP contribution in [0.25, 0.3) is 0 Å². The second kappa shape index (κ2) is 11.2. The number of nitrogens with zero attached hydrogens (tertiary/aromatic N) is 3. The zero-order chi connectivity index (χ0) is 17.1. The molecule has 1 aliphatic heterocycles. The maximum Gasteiger partial charge on any atom is 0.0374 e. The van der Waals surface area contributed by atoms with Gasteiger partial charge in [0.15, 0.2) is 0 Å². The van der Waals surface area contributed by atoms with E-state index in [9.17, 15) is 0 Å². The third kappa shape index (κ3) is 9.40. The summed E-state index contributed by atoms with van der Waals surface area (Å²) in [6.45, 7) is 21.7. The molecule has 23 heavy (non-hydrogen) atoms. The molecule has 0 radical (unpaired) electrons. The minimum Gasteiger partial charge on any atom is -0.401 e. The van der Waals surface area contributed by atoms with Crippen molar-refractivity contribution < 1.29 is 0 Å². The quantitative estimate of drug-likeness (QED) is 0.579. The van der Waals surface area contributed by atoms with Gasteiger partial charge in [0.05, 0.1) is 0 Å². The van der Waals surface area contributed by atoms with Crippen molar-refractivity contribution in [1.82, 2.24) is 20.0 Å². The van der Waals surface area contributed by atoms with Gasteiger partial charge in [0.25, 0.3) is 0 Å². The van der Waals surface area contributed by atoms with E-state index in [-0.39, 0.29) is 0 Å². The summed E-state index contributed by atoms with van der Waals surface area (Å²) < 4.78 is 0. The fourth-order valence-corrected chi connectivity index (χ4v) is 2.76. The van der Waals surface area contributed by atoms with Gasteiger partial charge in [-0.1, -0.05) is 19.2 Å². The van der Waals surface area contributed by atoms with Crippen LogP contribution < -0.4 is 16.8 Å². The second-order valence-corrected chi connectivity index (χ2v) is 6.21. The van der Waals surface area contributed by atoms with Gasteiger partial charge < -0.3 is 16.8 Å². The Labute approximate surface area is 141 Å². The largest absolute Gasteiger partial charge is 0.401 e. The normalized spacial score (nSPS) is 20.3. The van der Waals surface area contributed by atoms with E-state index in [2.05, 4.69) is 39.8 Å². The number of nitrogens with one attached hydrogen (secondary N) is 1. The lowest BCUT2D eigenvalue weighted by Gasteiger charge is -2.31. The van der Waals surface area contributed by atoms with E-state index in [1.165, 1.54) is 0 Å². The maximum atomic E-state index is 5.82. The molecule has 6 nitrogen and oxygen atoms in total. The highest BCUT2D eigenvalue weighted by Crippen LogP contribution is 1.99. The predicted molar refractivity (Wildman–Crippen MR) is 99.0 cm³/mol. The van der Waals surface area contributed by atoms with Gasteiger partial charge in [-0.15, -0.1) is 6.58 Å². The van der Waals surface area contributed by atoms with E-state index in [0.717, 1.165) is 72.0 Å². The summed E-state index contributed by atoms with van der Waals surface area (Å²) in [6.07, 6.45) is 1.96. The molecule has 0 aliphatic carbocycles. The van der Waals surface area contributed by atoms with Gasteiger partial charge in [0.1, 0.15) is 0 Å². The van der Waals surface area contributed by atoms with Crippen molar-refractivity contribution in [2.45, 2.75) is 0 Å². The van der Waals surface area contributed by atoms with Gasteiger partial charge >= 0.3 is 0 Å². The Morgan fingerprint density at radius 3 is 1.74 bits per heavy atom. The first kappa shape index (κ1) is 19.7. The van der Waals surface area contributed by atoms with Crippen molar-refractivity contribution in [3.63, 3.8) is 0 Å². The van der Waals surface area contributed by atoms with Gasteiger partial charge in [-0.25, -0.2) is 0 Å². The van der Waals surface area contributed by atoms with Crippen LogP contribution in [0.15, 0.2) is 37.2 Å². The molecular weight excluding hydrogens is 288 g/mol. The lowest BCUT2D eigenvalue weighted by molar-refractivity contribution is 0.186. The van der Waals surface area contributed by atoms with E-state index < -0.39 is 0 Å². The SMILES string of the molecule is C=CCN1CCNCCN(CC(=C)N)CCN(CC(=C)N)CC1. The Balaban J connectivity index is 2.65. The Morgan fingerprint density at radius 1 is 0.826 bits per heavy atom. The number of rotatable bonds is 6. The van der Waals surface area contributed by atoms with Crippen molar-refractivity contribution >= 4 is 0 Å². The Bertz CT molecular complexity index is 381. The summed E-state index contributed by atoms with van der Waals surface area (Å²) in [4.78, 5) is 7.11. The van der Waals surface area contributed by atoms with E-state index in [1.54, 1.807) is 0 Å². The molecule has 0 aromatic rings. The molecule has 132 valence electrons. The third-order valence-corrected chi connectivity index (χ3v) is 3.92. The molecule has 0 unspecified atom stereocenters. The van der Waals surface area contributed by atoms with Crippen LogP contribution in [0.4, 0.5) is 0 Å². The minimum atomic E-state index is 0.712. The van der Waals surface area contributed by atoms with Crippen LogP contribution in [0.5, 0.6) is 0 Å². The second-order valence-electron chi connectivity index (χ2n) is 6.21. The Kier molecular flexibility index (Phi) is 9.63. The maximum absolute atomic E-state index is 5.82. The van der Waals surface area contributed by atoms with Crippen LogP contribution in [0.3, 0.4) is 0 Å². The van der Waals surface area contributed by atoms with Gasteiger partial charge in [-0.05, 0) is 0 Å². The smallest absolute Gasteiger partial charge is 0.0374 e.